The van der Waals surface area contributed by atoms with Gasteiger partial charge in [-0.25, -0.2) is 9.78 Å². The molecular weight excluding hydrogens is 384 g/mol. The number of amides is 2. The van der Waals surface area contributed by atoms with Crippen LogP contribution in [-0.4, -0.2) is 27.6 Å². The van der Waals surface area contributed by atoms with Crippen LogP contribution in [0.3, 0.4) is 0 Å². The number of fused-ring (bicyclic) bond motifs is 1. The van der Waals surface area contributed by atoms with E-state index in [0.29, 0.717) is 17.4 Å². The number of alkyl carbamates (subject to hydrolysis) is 1. The van der Waals surface area contributed by atoms with Crippen LogP contribution < -0.4 is 16.2 Å². The van der Waals surface area contributed by atoms with E-state index in [0.717, 1.165) is 11.1 Å². The number of ether oxygens (including phenoxy) is 1. The van der Waals surface area contributed by atoms with Gasteiger partial charge in [-0.15, -0.1) is 0 Å². The molecule has 0 atom stereocenters. The molecule has 1 heterocycles. The van der Waals surface area contributed by atoms with Crippen LogP contribution in [-0.2, 0) is 17.8 Å². The van der Waals surface area contributed by atoms with Gasteiger partial charge in [-0.05, 0) is 44.0 Å². The summed E-state index contributed by atoms with van der Waals surface area (Å²) in [5, 5.41) is 5.88. The van der Waals surface area contributed by atoms with Crippen LogP contribution in [0.2, 0.25) is 0 Å². The van der Waals surface area contributed by atoms with E-state index < -0.39 is 17.6 Å². The number of benzene rings is 2. The van der Waals surface area contributed by atoms with Crippen molar-refractivity contribution < 1.29 is 14.3 Å². The maximum atomic E-state index is 12.4. The molecule has 0 fully saturated rings. The molecule has 0 bridgehead atoms. The first-order valence-corrected chi connectivity index (χ1v) is 9.53. The van der Waals surface area contributed by atoms with E-state index in [2.05, 4.69) is 20.6 Å². The topological polar surface area (TPSA) is 113 Å². The summed E-state index contributed by atoms with van der Waals surface area (Å²) in [7, 11) is 0. The number of aromatic nitrogens is 2. The van der Waals surface area contributed by atoms with Gasteiger partial charge in [-0.2, -0.15) is 0 Å². The number of hydrogen-bond donors (Lipinski definition) is 3. The second kappa shape index (κ2) is 8.77. The first kappa shape index (κ1) is 21.0. The Balaban J connectivity index is 1.61. The highest BCUT2D eigenvalue weighted by Crippen LogP contribution is 2.09. The first-order valence-electron chi connectivity index (χ1n) is 9.53. The van der Waals surface area contributed by atoms with E-state index in [-0.39, 0.29) is 17.9 Å². The zero-order valence-electron chi connectivity index (χ0n) is 17.1. The Morgan fingerprint density at radius 2 is 1.67 bits per heavy atom. The standard InChI is InChI=1S/C22H24N4O4/c1-22(2,3)30-21(29)24-13-15-8-6-7-14(11-15)12-23-20(28)18-25-17-10-5-4-9-16(17)19(27)26-18/h4-11H,12-13H2,1-3H3,(H,23,28)(H,24,29)(H,25,26,27). The lowest BCUT2D eigenvalue weighted by Gasteiger charge is -2.19. The average molecular weight is 408 g/mol. The van der Waals surface area contributed by atoms with E-state index >= 15 is 0 Å². The number of carbonyl (C=O) groups excluding carboxylic acids is 2. The lowest BCUT2D eigenvalue weighted by Crippen LogP contribution is -2.32. The molecule has 3 rings (SSSR count). The third-order valence-corrected chi connectivity index (χ3v) is 4.11. The maximum absolute atomic E-state index is 12.4. The fourth-order valence-electron chi connectivity index (χ4n) is 2.80. The summed E-state index contributed by atoms with van der Waals surface area (Å²) in [6.07, 6.45) is -0.493. The molecule has 156 valence electrons. The molecule has 1 aromatic heterocycles. The molecule has 0 unspecified atom stereocenters. The molecule has 30 heavy (non-hydrogen) atoms. The summed E-state index contributed by atoms with van der Waals surface area (Å²) < 4.78 is 5.21. The molecule has 8 nitrogen and oxygen atoms in total. The molecular formula is C22H24N4O4. The van der Waals surface area contributed by atoms with Crippen molar-refractivity contribution in [3.8, 4) is 0 Å². The minimum Gasteiger partial charge on any atom is -0.444 e. The minimum absolute atomic E-state index is 0.0403. The summed E-state index contributed by atoms with van der Waals surface area (Å²) in [5.41, 5.74) is 1.25. The number of hydrogen-bond acceptors (Lipinski definition) is 5. The van der Waals surface area contributed by atoms with Gasteiger partial charge in [0.25, 0.3) is 11.5 Å². The van der Waals surface area contributed by atoms with Crippen molar-refractivity contribution >= 4 is 22.9 Å². The number of nitrogens with one attached hydrogen (secondary N) is 3. The van der Waals surface area contributed by atoms with Gasteiger partial charge in [0, 0.05) is 13.1 Å². The van der Waals surface area contributed by atoms with E-state index in [1.807, 2.05) is 24.3 Å². The Kier molecular flexibility index (Phi) is 6.15. The van der Waals surface area contributed by atoms with E-state index in [1.165, 1.54) is 0 Å². The second-order valence-electron chi connectivity index (χ2n) is 7.79. The molecule has 0 aliphatic carbocycles. The van der Waals surface area contributed by atoms with E-state index in [4.69, 9.17) is 4.74 Å². The Labute approximate surface area is 173 Å². The zero-order valence-corrected chi connectivity index (χ0v) is 17.1. The number of aromatic amines is 1. The van der Waals surface area contributed by atoms with Gasteiger partial charge < -0.3 is 20.4 Å². The van der Waals surface area contributed by atoms with Gasteiger partial charge in [-0.3, -0.25) is 9.59 Å². The normalized spacial score (nSPS) is 11.2. The fourth-order valence-corrected chi connectivity index (χ4v) is 2.80. The van der Waals surface area contributed by atoms with Crippen LogP contribution in [0.15, 0.2) is 53.3 Å². The summed E-state index contributed by atoms with van der Waals surface area (Å²) in [5.74, 6) is -0.517. The molecule has 0 radical (unpaired) electrons. The summed E-state index contributed by atoms with van der Waals surface area (Å²) in [4.78, 5) is 43.1. The molecule has 0 saturated heterocycles. The zero-order chi connectivity index (χ0) is 21.7. The van der Waals surface area contributed by atoms with Crippen LogP contribution in [0, 0.1) is 0 Å². The van der Waals surface area contributed by atoms with Crippen molar-refractivity contribution in [2.75, 3.05) is 0 Å². The molecule has 3 aromatic rings. The van der Waals surface area contributed by atoms with Crippen molar-refractivity contribution in [3.63, 3.8) is 0 Å². The number of H-pyrrole nitrogens is 1. The lowest BCUT2D eigenvalue weighted by molar-refractivity contribution is 0.0523. The van der Waals surface area contributed by atoms with Gasteiger partial charge in [0.05, 0.1) is 10.9 Å². The molecule has 0 saturated carbocycles. The fraction of sp³-hybridized carbons (Fsp3) is 0.273. The predicted octanol–water partition coefficient (Wildman–Crippen LogP) is 2.88. The Morgan fingerprint density at radius 1 is 1.00 bits per heavy atom. The summed E-state index contributed by atoms with van der Waals surface area (Å²) >= 11 is 0. The van der Waals surface area contributed by atoms with Crippen molar-refractivity contribution in [3.05, 3.63) is 75.8 Å². The maximum Gasteiger partial charge on any atom is 0.407 e. The molecule has 2 amide bonds. The van der Waals surface area contributed by atoms with Gasteiger partial charge in [-0.1, -0.05) is 36.4 Å². The SMILES string of the molecule is CC(C)(C)OC(=O)NCc1cccc(CNC(=O)c2nc3ccccc3c(=O)[nH]2)c1. The Bertz CT molecular complexity index is 1130. The van der Waals surface area contributed by atoms with Crippen LogP contribution in [0.5, 0.6) is 0 Å². The molecule has 3 N–H and O–H groups in total. The third kappa shape index (κ3) is 5.66. The van der Waals surface area contributed by atoms with Crippen molar-refractivity contribution in [1.82, 2.24) is 20.6 Å². The van der Waals surface area contributed by atoms with E-state index in [1.54, 1.807) is 45.0 Å². The van der Waals surface area contributed by atoms with Crippen molar-refractivity contribution in [2.45, 2.75) is 39.5 Å². The average Bonchev–Trinajstić information content (AvgIpc) is 2.69. The second-order valence-corrected chi connectivity index (χ2v) is 7.79. The van der Waals surface area contributed by atoms with Gasteiger partial charge in [0.15, 0.2) is 5.82 Å². The third-order valence-electron chi connectivity index (χ3n) is 4.11. The predicted molar refractivity (Wildman–Crippen MR) is 113 cm³/mol. The Hall–Kier alpha value is -3.68. The van der Waals surface area contributed by atoms with Gasteiger partial charge in [0.2, 0.25) is 0 Å². The highest BCUT2D eigenvalue weighted by molar-refractivity contribution is 5.92. The number of nitrogens with zero attached hydrogens (tertiary/aromatic N) is 1. The number of rotatable bonds is 5. The number of para-hydroxylation sites is 1. The highest BCUT2D eigenvalue weighted by atomic mass is 16.6. The quantitative estimate of drug-likeness (QED) is 0.601. The van der Waals surface area contributed by atoms with Crippen molar-refractivity contribution in [2.24, 2.45) is 0 Å². The largest absolute Gasteiger partial charge is 0.444 e. The minimum atomic E-state index is -0.562. The molecule has 0 spiro atoms. The summed E-state index contributed by atoms with van der Waals surface area (Å²) in [6, 6.07) is 14.3. The van der Waals surface area contributed by atoms with Gasteiger partial charge >= 0.3 is 6.09 Å². The van der Waals surface area contributed by atoms with Crippen LogP contribution in [0.4, 0.5) is 4.79 Å². The first-order chi connectivity index (χ1) is 14.2. The van der Waals surface area contributed by atoms with Crippen LogP contribution in [0.1, 0.15) is 42.5 Å². The molecule has 0 aliphatic rings. The number of carbonyl (C=O) groups is 2. The monoisotopic (exact) mass is 408 g/mol. The molecule has 8 heteroatoms. The van der Waals surface area contributed by atoms with Crippen LogP contribution in [0.25, 0.3) is 10.9 Å². The Morgan fingerprint density at radius 3 is 2.37 bits per heavy atom. The molecule has 2 aromatic carbocycles. The van der Waals surface area contributed by atoms with Crippen LogP contribution >= 0.6 is 0 Å². The van der Waals surface area contributed by atoms with Crippen molar-refractivity contribution in [1.29, 1.82) is 0 Å². The summed E-state index contributed by atoms with van der Waals surface area (Å²) in [6.45, 7) is 5.94. The smallest absolute Gasteiger partial charge is 0.407 e. The van der Waals surface area contributed by atoms with E-state index in [9.17, 15) is 14.4 Å². The molecule has 0 aliphatic heterocycles. The van der Waals surface area contributed by atoms with Gasteiger partial charge in [0.1, 0.15) is 5.60 Å². The highest BCUT2D eigenvalue weighted by Gasteiger charge is 2.16. The lowest BCUT2D eigenvalue weighted by atomic mass is 10.1.